The predicted octanol–water partition coefficient (Wildman–Crippen LogP) is 4.34. The van der Waals surface area contributed by atoms with Crippen molar-refractivity contribution in [3.8, 4) is 5.75 Å². The third kappa shape index (κ3) is 9.46. The van der Waals surface area contributed by atoms with Crippen LogP contribution < -0.4 is 4.74 Å². The lowest BCUT2D eigenvalue weighted by molar-refractivity contribution is -0.138. The minimum atomic E-state index is -1.05. The van der Waals surface area contributed by atoms with Gasteiger partial charge in [-0.3, -0.25) is 14.6 Å². The fourth-order valence-electron chi connectivity index (χ4n) is 7.51. The summed E-state index contributed by atoms with van der Waals surface area (Å²) in [7, 11) is 1.33. The summed E-state index contributed by atoms with van der Waals surface area (Å²) in [4.78, 5) is 33.0. The second-order valence-corrected chi connectivity index (χ2v) is 13.6. The molecular formula is C40H51N3O8. The first-order valence-corrected chi connectivity index (χ1v) is 18.2. The quantitative estimate of drug-likeness (QED) is 0.239. The van der Waals surface area contributed by atoms with Gasteiger partial charge in [0.2, 0.25) is 5.91 Å². The molecule has 3 aromatic rings. The van der Waals surface area contributed by atoms with Crippen molar-refractivity contribution in [2.24, 2.45) is 0 Å². The predicted molar refractivity (Wildman–Crippen MR) is 191 cm³/mol. The van der Waals surface area contributed by atoms with Crippen molar-refractivity contribution >= 4 is 12.0 Å². The number of fused-ring (bicyclic) bond motifs is 1. The van der Waals surface area contributed by atoms with Gasteiger partial charge < -0.3 is 34.1 Å². The number of methoxy groups -OCH3 is 1. The molecule has 2 aliphatic heterocycles. The number of amides is 2. The summed E-state index contributed by atoms with van der Waals surface area (Å²) < 4.78 is 22.5. The molecule has 6 rings (SSSR count). The van der Waals surface area contributed by atoms with Crippen LogP contribution in [0.1, 0.15) is 54.0 Å². The molecule has 274 valence electrons. The van der Waals surface area contributed by atoms with Crippen LogP contribution in [0.5, 0.6) is 5.75 Å². The Morgan fingerprint density at radius 1 is 0.961 bits per heavy atom. The van der Waals surface area contributed by atoms with Gasteiger partial charge in [0.1, 0.15) is 18.6 Å². The van der Waals surface area contributed by atoms with Gasteiger partial charge in [-0.1, -0.05) is 66.7 Å². The van der Waals surface area contributed by atoms with E-state index in [1.807, 2.05) is 78.9 Å². The van der Waals surface area contributed by atoms with E-state index in [0.717, 1.165) is 67.3 Å². The molecule has 3 aromatic carbocycles. The number of rotatable bonds is 15. The molecule has 0 aromatic heterocycles. The Balaban J connectivity index is 1.17. The molecule has 2 N–H and O–H groups in total. The van der Waals surface area contributed by atoms with E-state index < -0.39 is 36.6 Å². The number of aliphatic hydroxyl groups excluding tert-OH is 2. The molecule has 0 radical (unpaired) electrons. The molecule has 2 fully saturated rings. The van der Waals surface area contributed by atoms with Gasteiger partial charge in [0.25, 0.3) is 0 Å². The zero-order valence-electron chi connectivity index (χ0n) is 29.5. The van der Waals surface area contributed by atoms with Crippen molar-refractivity contribution in [2.45, 2.75) is 75.6 Å². The van der Waals surface area contributed by atoms with E-state index in [9.17, 15) is 19.8 Å². The van der Waals surface area contributed by atoms with Crippen molar-refractivity contribution in [2.75, 3.05) is 53.2 Å². The summed E-state index contributed by atoms with van der Waals surface area (Å²) in [5, 5.41) is 23.1. The fraction of sp³-hybridized carbons (Fsp3) is 0.500. The highest BCUT2D eigenvalue weighted by Gasteiger charge is 2.40. The second-order valence-electron chi connectivity index (χ2n) is 13.6. The molecule has 0 spiro atoms. The van der Waals surface area contributed by atoms with Gasteiger partial charge in [-0.25, -0.2) is 4.79 Å². The number of hydrogen-bond donors (Lipinski definition) is 2. The minimum Gasteiger partial charge on any atom is -0.492 e. The van der Waals surface area contributed by atoms with Gasteiger partial charge in [0.05, 0.1) is 44.6 Å². The van der Waals surface area contributed by atoms with Crippen molar-refractivity contribution < 1.29 is 38.7 Å². The monoisotopic (exact) mass is 701 g/mol. The number of benzene rings is 3. The molecule has 1 unspecified atom stereocenters. The van der Waals surface area contributed by atoms with E-state index in [2.05, 4.69) is 4.90 Å². The average Bonchev–Trinajstić information content (AvgIpc) is 3.81. The van der Waals surface area contributed by atoms with Crippen LogP contribution in [0.3, 0.4) is 0 Å². The Hall–Kier alpha value is -4.00. The number of hydrogen-bond acceptors (Lipinski definition) is 9. The van der Waals surface area contributed by atoms with Crippen LogP contribution in [0.25, 0.3) is 0 Å². The molecule has 3 aliphatic rings. The third-order valence-corrected chi connectivity index (χ3v) is 10.2. The number of nitrogens with zero attached hydrogens (tertiary/aromatic N) is 3. The summed E-state index contributed by atoms with van der Waals surface area (Å²) >= 11 is 0. The number of aliphatic hydroxyl groups is 2. The normalized spacial score (nSPS) is 21.4. The third-order valence-electron chi connectivity index (χ3n) is 10.2. The molecule has 51 heavy (non-hydrogen) atoms. The van der Waals surface area contributed by atoms with Crippen LogP contribution in [-0.4, -0.2) is 115 Å². The van der Waals surface area contributed by atoms with E-state index >= 15 is 0 Å². The molecule has 2 amide bonds. The largest absolute Gasteiger partial charge is 0.492 e. The first kappa shape index (κ1) is 36.8. The van der Waals surface area contributed by atoms with Gasteiger partial charge in [0, 0.05) is 45.6 Å². The Morgan fingerprint density at radius 2 is 1.71 bits per heavy atom. The zero-order valence-corrected chi connectivity index (χ0v) is 29.5. The number of morpholine rings is 1. The Morgan fingerprint density at radius 3 is 2.43 bits per heavy atom. The van der Waals surface area contributed by atoms with Crippen LogP contribution in [0, 0.1) is 0 Å². The van der Waals surface area contributed by atoms with Crippen LogP contribution >= 0.6 is 0 Å². The van der Waals surface area contributed by atoms with Crippen molar-refractivity contribution in [3.05, 3.63) is 101 Å². The topological polar surface area (TPSA) is 121 Å². The highest BCUT2D eigenvalue weighted by molar-refractivity contribution is 5.77. The Bertz CT molecular complexity index is 1540. The zero-order chi connectivity index (χ0) is 35.6. The molecule has 11 heteroatoms. The highest BCUT2D eigenvalue weighted by Crippen LogP contribution is 2.38. The lowest BCUT2D eigenvalue weighted by atomic mass is 9.95. The Labute approximate surface area is 300 Å². The lowest BCUT2D eigenvalue weighted by Crippen LogP contribution is -2.53. The summed E-state index contributed by atoms with van der Waals surface area (Å²) in [5.41, 5.74) is 3.79. The van der Waals surface area contributed by atoms with Crippen LogP contribution in [0.2, 0.25) is 0 Å². The van der Waals surface area contributed by atoms with Crippen LogP contribution in [0.4, 0.5) is 4.79 Å². The Kier molecular flexibility index (Phi) is 13.0. The minimum absolute atomic E-state index is 0.0150. The summed E-state index contributed by atoms with van der Waals surface area (Å²) in [6.07, 6.45) is -0.536. The molecule has 2 heterocycles. The first-order valence-electron chi connectivity index (χ1n) is 18.2. The SMILES string of the molecule is COC(=O)N(C1CCCO1)[C@@H](Cc1ccccc1)[C@@H](O)CCC(=O)N(Cc1ccc(OCCN2CCOCC2)cc1)[C@H]1c2ccccc2C[C@H]1O. The van der Waals surface area contributed by atoms with E-state index in [-0.39, 0.29) is 25.3 Å². The standard InChI is InChI=1S/C40H51N3O8/c1-48-40(47)43(38-12-7-22-51-38)34(26-29-8-3-2-4-9-29)35(44)17-18-37(46)42(39-33-11-6-5-10-31(33)27-36(39)45)28-30-13-15-32(16-14-30)50-25-21-41-19-23-49-24-20-41/h2-6,8-11,13-16,34-36,38-39,44-45H,7,12,17-28H2,1H3/t34-,35-,36+,38?,39-/m0/s1. The number of carbonyl (C=O) groups excluding carboxylic acids is 2. The first-order chi connectivity index (χ1) is 24.9. The lowest BCUT2D eigenvalue weighted by Gasteiger charge is -2.38. The molecule has 0 saturated carbocycles. The summed E-state index contributed by atoms with van der Waals surface area (Å²) in [6.45, 7) is 5.51. The maximum Gasteiger partial charge on any atom is 0.411 e. The summed E-state index contributed by atoms with van der Waals surface area (Å²) in [6, 6.07) is 24.0. The van der Waals surface area contributed by atoms with Crippen molar-refractivity contribution in [1.29, 1.82) is 0 Å². The van der Waals surface area contributed by atoms with Crippen LogP contribution in [0.15, 0.2) is 78.9 Å². The number of carbonyl (C=O) groups is 2. The molecular weight excluding hydrogens is 650 g/mol. The fourth-order valence-corrected chi connectivity index (χ4v) is 7.51. The van der Waals surface area contributed by atoms with E-state index in [0.29, 0.717) is 32.5 Å². The molecule has 11 nitrogen and oxygen atoms in total. The molecule has 0 bridgehead atoms. The van der Waals surface area contributed by atoms with Gasteiger partial charge >= 0.3 is 6.09 Å². The number of ether oxygens (including phenoxy) is 4. The molecule has 5 atom stereocenters. The second kappa shape index (κ2) is 18.0. The van der Waals surface area contributed by atoms with E-state index in [1.54, 1.807) is 4.90 Å². The molecule has 2 saturated heterocycles. The van der Waals surface area contributed by atoms with E-state index in [1.165, 1.54) is 12.0 Å². The average molecular weight is 702 g/mol. The van der Waals surface area contributed by atoms with Gasteiger partial charge in [-0.05, 0) is 60.1 Å². The van der Waals surface area contributed by atoms with Gasteiger partial charge in [-0.2, -0.15) is 0 Å². The van der Waals surface area contributed by atoms with Crippen molar-refractivity contribution in [3.63, 3.8) is 0 Å². The van der Waals surface area contributed by atoms with Crippen LogP contribution in [-0.2, 0) is 38.4 Å². The van der Waals surface area contributed by atoms with Gasteiger partial charge in [-0.15, -0.1) is 0 Å². The van der Waals surface area contributed by atoms with E-state index in [4.69, 9.17) is 18.9 Å². The smallest absolute Gasteiger partial charge is 0.411 e. The maximum atomic E-state index is 14.3. The maximum absolute atomic E-state index is 14.3. The molecule has 1 aliphatic carbocycles. The highest BCUT2D eigenvalue weighted by atomic mass is 16.6. The van der Waals surface area contributed by atoms with Crippen molar-refractivity contribution in [1.82, 2.24) is 14.7 Å². The summed E-state index contributed by atoms with van der Waals surface area (Å²) in [5.74, 6) is 0.561. The van der Waals surface area contributed by atoms with Gasteiger partial charge in [0.15, 0.2) is 0 Å².